The molecule has 110 valence electrons. The Morgan fingerprint density at radius 2 is 2.00 bits per heavy atom. The van der Waals surface area contributed by atoms with Crippen LogP contribution < -0.4 is 4.90 Å². The van der Waals surface area contributed by atoms with Gasteiger partial charge in [-0.3, -0.25) is 4.79 Å². The van der Waals surface area contributed by atoms with Gasteiger partial charge >= 0.3 is 5.97 Å². The first-order valence-corrected chi connectivity index (χ1v) is 6.93. The zero-order chi connectivity index (χ0) is 15.5. The third-order valence-electron chi connectivity index (χ3n) is 2.76. The van der Waals surface area contributed by atoms with Gasteiger partial charge in [0, 0.05) is 6.54 Å². The summed E-state index contributed by atoms with van der Waals surface area (Å²) in [5, 5.41) is 9.94. The number of ether oxygens (including phenoxy) is 1. The molecule has 1 aromatic rings. The minimum Gasteiger partial charge on any atom is -0.506 e. The molecule has 0 saturated carbocycles. The number of hydrogen-bond donors (Lipinski definition) is 1. The highest BCUT2D eigenvalue weighted by atomic mass is 79.9. The second-order valence-electron chi connectivity index (χ2n) is 4.72. The molecule has 0 unspecified atom stereocenters. The summed E-state index contributed by atoms with van der Waals surface area (Å²) in [7, 11) is 1.28. The van der Waals surface area contributed by atoms with Crippen molar-refractivity contribution in [2.45, 2.75) is 25.1 Å². The van der Waals surface area contributed by atoms with E-state index in [-0.39, 0.29) is 22.9 Å². The van der Waals surface area contributed by atoms with Crippen molar-refractivity contribution in [3.05, 3.63) is 23.8 Å². The Balaban J connectivity index is 3.28. The van der Waals surface area contributed by atoms with E-state index in [0.717, 1.165) is 0 Å². The van der Waals surface area contributed by atoms with Gasteiger partial charge in [0.05, 0.1) is 22.7 Å². The van der Waals surface area contributed by atoms with Crippen LogP contribution in [-0.2, 0) is 9.53 Å². The molecule has 5 nitrogen and oxygen atoms in total. The Bertz CT molecular complexity index is 522. The molecule has 0 saturated heterocycles. The van der Waals surface area contributed by atoms with Gasteiger partial charge in [-0.2, -0.15) is 0 Å². The fourth-order valence-electron chi connectivity index (χ4n) is 1.73. The van der Waals surface area contributed by atoms with Gasteiger partial charge in [0.1, 0.15) is 5.75 Å². The summed E-state index contributed by atoms with van der Waals surface area (Å²) in [5.41, 5.74) is 0.562. The summed E-state index contributed by atoms with van der Waals surface area (Å²) in [6.45, 7) is 5.60. The van der Waals surface area contributed by atoms with Crippen LogP contribution in [-0.4, -0.2) is 35.0 Å². The number of benzene rings is 1. The molecular weight excluding hydrogens is 326 g/mol. The molecule has 6 heteroatoms. The van der Waals surface area contributed by atoms with E-state index in [0.29, 0.717) is 6.54 Å². The number of nitrogens with zero attached hydrogens (tertiary/aromatic N) is 1. The number of carbonyl (C=O) groups excluding carboxylic acids is 2. The molecule has 0 atom stereocenters. The lowest BCUT2D eigenvalue weighted by Crippen LogP contribution is -2.41. The lowest BCUT2D eigenvalue weighted by Gasteiger charge is -2.28. The van der Waals surface area contributed by atoms with Gasteiger partial charge in [0.2, 0.25) is 5.91 Å². The Labute approximate surface area is 126 Å². The molecular formula is C14H18BrNO4. The number of halogens is 1. The monoisotopic (exact) mass is 343 g/mol. The van der Waals surface area contributed by atoms with E-state index in [1.807, 2.05) is 0 Å². The van der Waals surface area contributed by atoms with Crippen molar-refractivity contribution in [3.63, 3.8) is 0 Å². The highest BCUT2D eigenvalue weighted by molar-refractivity contribution is 9.10. The van der Waals surface area contributed by atoms with Crippen molar-refractivity contribution in [2.75, 3.05) is 18.6 Å². The first-order chi connectivity index (χ1) is 9.22. The number of phenolic OH excluding ortho intramolecular Hbond substituents is 1. The standard InChI is InChI=1S/C14H18BrNO4/c1-5-16(13(19)14(2,3)15)10-8-9(12(18)20-4)6-7-11(10)17/h6-8,17H,5H2,1-4H3. The van der Waals surface area contributed by atoms with Gasteiger partial charge in [-0.25, -0.2) is 4.79 Å². The maximum absolute atomic E-state index is 12.4. The summed E-state index contributed by atoms with van der Waals surface area (Å²) in [5.74, 6) is -0.797. The van der Waals surface area contributed by atoms with Crippen LogP contribution in [0.1, 0.15) is 31.1 Å². The van der Waals surface area contributed by atoms with Gasteiger partial charge < -0.3 is 14.7 Å². The van der Waals surface area contributed by atoms with Gasteiger partial charge in [-0.15, -0.1) is 0 Å². The fraction of sp³-hybridized carbons (Fsp3) is 0.429. The number of esters is 1. The molecule has 1 aromatic carbocycles. The van der Waals surface area contributed by atoms with Crippen LogP contribution in [0.4, 0.5) is 5.69 Å². The number of rotatable bonds is 4. The van der Waals surface area contributed by atoms with E-state index < -0.39 is 10.3 Å². The van der Waals surface area contributed by atoms with E-state index in [1.54, 1.807) is 20.8 Å². The predicted octanol–water partition coefficient (Wildman–Crippen LogP) is 2.71. The van der Waals surface area contributed by atoms with Gasteiger partial charge in [0.25, 0.3) is 0 Å². The zero-order valence-corrected chi connectivity index (χ0v) is 13.5. The lowest BCUT2D eigenvalue weighted by molar-refractivity contribution is -0.119. The van der Waals surface area contributed by atoms with Crippen LogP contribution >= 0.6 is 15.9 Å². The van der Waals surface area contributed by atoms with Crippen molar-refractivity contribution in [1.82, 2.24) is 0 Å². The van der Waals surface area contributed by atoms with Crippen molar-refractivity contribution >= 4 is 33.5 Å². The van der Waals surface area contributed by atoms with Crippen LogP contribution in [0.3, 0.4) is 0 Å². The number of carbonyl (C=O) groups is 2. The van der Waals surface area contributed by atoms with E-state index in [4.69, 9.17) is 0 Å². The van der Waals surface area contributed by atoms with Crippen LogP contribution in [0.15, 0.2) is 18.2 Å². The second-order valence-corrected chi connectivity index (χ2v) is 6.70. The van der Waals surface area contributed by atoms with Crippen LogP contribution in [0, 0.1) is 0 Å². The molecule has 0 aliphatic rings. The Morgan fingerprint density at radius 1 is 1.40 bits per heavy atom. The van der Waals surface area contributed by atoms with Crippen LogP contribution in [0.2, 0.25) is 0 Å². The zero-order valence-electron chi connectivity index (χ0n) is 11.9. The Kier molecular flexibility index (Phi) is 5.16. The fourth-order valence-corrected chi connectivity index (χ4v) is 1.94. The largest absolute Gasteiger partial charge is 0.506 e. The molecule has 0 fully saturated rings. The van der Waals surface area contributed by atoms with Crippen molar-refractivity contribution in [3.8, 4) is 5.75 Å². The Hall–Kier alpha value is -1.56. The number of aromatic hydroxyl groups is 1. The van der Waals surface area contributed by atoms with E-state index in [9.17, 15) is 14.7 Å². The number of alkyl halides is 1. The highest BCUT2D eigenvalue weighted by Crippen LogP contribution is 2.31. The third-order valence-corrected chi connectivity index (χ3v) is 3.10. The summed E-state index contributed by atoms with van der Waals surface area (Å²) in [4.78, 5) is 25.3. The SMILES string of the molecule is CCN(C(=O)C(C)(C)Br)c1cc(C(=O)OC)ccc1O. The summed E-state index contributed by atoms with van der Waals surface area (Å²) >= 11 is 3.30. The van der Waals surface area contributed by atoms with Crippen LogP contribution in [0.25, 0.3) is 0 Å². The topological polar surface area (TPSA) is 66.8 Å². The minimum absolute atomic E-state index is 0.0652. The molecule has 0 aliphatic carbocycles. The number of anilines is 1. The smallest absolute Gasteiger partial charge is 0.337 e. The van der Waals surface area contributed by atoms with Crippen molar-refractivity contribution < 1.29 is 19.4 Å². The van der Waals surface area contributed by atoms with E-state index in [2.05, 4.69) is 20.7 Å². The number of methoxy groups -OCH3 is 1. The quantitative estimate of drug-likeness (QED) is 0.674. The molecule has 1 N–H and O–H groups in total. The molecule has 0 spiro atoms. The highest BCUT2D eigenvalue weighted by Gasteiger charge is 2.30. The van der Waals surface area contributed by atoms with Crippen molar-refractivity contribution in [2.24, 2.45) is 0 Å². The van der Waals surface area contributed by atoms with Gasteiger partial charge in [-0.05, 0) is 39.0 Å². The minimum atomic E-state index is -0.767. The molecule has 1 rings (SSSR count). The molecule has 1 amide bonds. The lowest BCUT2D eigenvalue weighted by atomic mass is 10.1. The molecule has 0 aliphatic heterocycles. The summed E-state index contributed by atoms with van der Waals surface area (Å²) < 4.78 is 3.87. The summed E-state index contributed by atoms with van der Waals surface area (Å²) in [6, 6.07) is 4.27. The average Bonchev–Trinajstić information content (AvgIpc) is 2.39. The third kappa shape index (κ3) is 3.50. The van der Waals surface area contributed by atoms with Crippen LogP contribution in [0.5, 0.6) is 5.75 Å². The molecule has 0 heterocycles. The van der Waals surface area contributed by atoms with Crippen molar-refractivity contribution in [1.29, 1.82) is 0 Å². The predicted molar refractivity (Wildman–Crippen MR) is 80.5 cm³/mol. The number of amides is 1. The average molecular weight is 344 g/mol. The molecule has 0 bridgehead atoms. The Morgan fingerprint density at radius 3 is 2.45 bits per heavy atom. The van der Waals surface area contributed by atoms with Gasteiger partial charge in [-0.1, -0.05) is 15.9 Å². The normalized spacial score (nSPS) is 11.1. The first-order valence-electron chi connectivity index (χ1n) is 6.14. The van der Waals surface area contributed by atoms with E-state index in [1.165, 1.54) is 30.2 Å². The first kappa shape index (κ1) is 16.5. The molecule has 20 heavy (non-hydrogen) atoms. The van der Waals surface area contributed by atoms with E-state index >= 15 is 0 Å². The number of phenols is 1. The molecule has 0 radical (unpaired) electrons. The van der Waals surface area contributed by atoms with Gasteiger partial charge in [0.15, 0.2) is 0 Å². The molecule has 0 aromatic heterocycles. The maximum Gasteiger partial charge on any atom is 0.337 e. The maximum atomic E-state index is 12.4. The summed E-state index contributed by atoms with van der Waals surface area (Å²) in [6.07, 6.45) is 0. The number of hydrogen-bond acceptors (Lipinski definition) is 4. The second kappa shape index (κ2) is 6.26.